The predicted octanol–water partition coefficient (Wildman–Crippen LogP) is 0.832. The first-order chi connectivity index (χ1) is 3.00. The molecule has 0 N–H and O–H groups in total. The van der Waals surface area contributed by atoms with Crippen LogP contribution in [0.5, 0.6) is 0 Å². The van der Waals surface area contributed by atoms with Crippen molar-refractivity contribution in [3.8, 4) is 0 Å². The number of hydrogen-bond donors (Lipinski definition) is 0. The van der Waals surface area contributed by atoms with Crippen LogP contribution in [-0.4, -0.2) is 16.4 Å². The monoisotopic (exact) mass is 190 g/mol. The van der Waals surface area contributed by atoms with Gasteiger partial charge in [0.15, 0.2) is 0 Å². The van der Waals surface area contributed by atoms with E-state index in [4.69, 9.17) is 4.43 Å². The van der Waals surface area contributed by atoms with Crippen LogP contribution in [0.1, 0.15) is 12.8 Å². The molecule has 1 aliphatic rings. The van der Waals surface area contributed by atoms with Gasteiger partial charge in [0.1, 0.15) is 0 Å². The molecule has 7 heavy (non-hydrogen) atoms. The second kappa shape index (κ2) is 5.20. The predicted molar refractivity (Wildman–Crippen MR) is 25.7 cm³/mol. The largest absolute Gasteiger partial charge is 2.00 e. The summed E-state index contributed by atoms with van der Waals surface area (Å²) >= 11 is 0. The summed E-state index contributed by atoms with van der Waals surface area (Å²) in [6.07, 6.45) is 2.67. The molecule has 0 aromatic heterocycles. The maximum absolute atomic E-state index is 5.10. The van der Waals surface area contributed by atoms with Crippen molar-refractivity contribution in [2.75, 3.05) is 6.61 Å². The van der Waals surface area contributed by atoms with Crippen LogP contribution >= 0.6 is 0 Å². The molecular formula is C4H8OSiZr+2. The summed E-state index contributed by atoms with van der Waals surface area (Å²) < 4.78 is 5.10. The van der Waals surface area contributed by atoms with Crippen LogP contribution in [-0.2, 0) is 30.6 Å². The summed E-state index contributed by atoms with van der Waals surface area (Å²) in [5.41, 5.74) is 0. The first-order valence-corrected chi connectivity index (χ1v) is 3.46. The van der Waals surface area contributed by atoms with Crippen LogP contribution in [0.4, 0.5) is 0 Å². The van der Waals surface area contributed by atoms with E-state index in [0.717, 1.165) is 16.4 Å². The topological polar surface area (TPSA) is 9.23 Å². The molecule has 0 aliphatic carbocycles. The van der Waals surface area contributed by atoms with E-state index in [0.29, 0.717) is 0 Å². The molecule has 1 fully saturated rings. The van der Waals surface area contributed by atoms with Crippen molar-refractivity contribution in [2.24, 2.45) is 0 Å². The third-order valence-corrected chi connectivity index (χ3v) is 1.84. The van der Waals surface area contributed by atoms with Gasteiger partial charge in [-0.2, -0.15) is 0 Å². The van der Waals surface area contributed by atoms with Crippen molar-refractivity contribution in [3.63, 3.8) is 0 Å². The van der Waals surface area contributed by atoms with Gasteiger partial charge < -0.3 is 4.43 Å². The van der Waals surface area contributed by atoms with Crippen LogP contribution in [0.15, 0.2) is 0 Å². The third-order valence-electron chi connectivity index (χ3n) is 0.877. The van der Waals surface area contributed by atoms with Gasteiger partial charge >= 0.3 is 26.2 Å². The summed E-state index contributed by atoms with van der Waals surface area (Å²) in [6, 6.07) is 1.31. The summed E-state index contributed by atoms with van der Waals surface area (Å²) in [4.78, 5) is 0. The molecule has 0 aromatic carbocycles. The fourth-order valence-electron chi connectivity index (χ4n) is 0.516. The molecule has 2 radical (unpaired) electrons. The molecule has 3 heteroatoms. The van der Waals surface area contributed by atoms with Crippen molar-refractivity contribution in [1.82, 2.24) is 0 Å². The maximum atomic E-state index is 5.10. The Labute approximate surface area is 65.9 Å². The zero-order valence-corrected chi connectivity index (χ0v) is 7.69. The Morgan fingerprint density at radius 2 is 2.14 bits per heavy atom. The van der Waals surface area contributed by atoms with E-state index < -0.39 is 0 Å². The molecule has 1 nitrogen and oxygen atoms in total. The van der Waals surface area contributed by atoms with Crippen LogP contribution in [0, 0.1) is 0 Å². The molecule has 36 valence electrons. The molecule has 0 bridgehead atoms. The molecule has 0 saturated carbocycles. The van der Waals surface area contributed by atoms with Crippen LogP contribution in [0.25, 0.3) is 0 Å². The SMILES string of the molecule is C1CC[Si]OC1.[Zr+2]. The van der Waals surface area contributed by atoms with Crippen LogP contribution in [0.2, 0.25) is 6.04 Å². The molecule has 0 unspecified atom stereocenters. The van der Waals surface area contributed by atoms with E-state index in [1.807, 2.05) is 0 Å². The quantitative estimate of drug-likeness (QED) is 0.516. The van der Waals surface area contributed by atoms with Crippen molar-refractivity contribution in [1.29, 1.82) is 0 Å². The molecule has 1 heterocycles. The molecular weight excluding hydrogens is 183 g/mol. The Morgan fingerprint density at radius 1 is 1.29 bits per heavy atom. The van der Waals surface area contributed by atoms with Crippen molar-refractivity contribution < 1.29 is 30.6 Å². The van der Waals surface area contributed by atoms with Crippen LogP contribution < -0.4 is 0 Å². The fraction of sp³-hybridized carbons (Fsp3) is 1.00. The van der Waals surface area contributed by atoms with Gasteiger partial charge in [0.05, 0.1) is 0 Å². The third kappa shape index (κ3) is 3.63. The van der Waals surface area contributed by atoms with Gasteiger partial charge in [0, 0.05) is 6.61 Å². The Kier molecular flexibility index (Phi) is 5.99. The first-order valence-electron chi connectivity index (χ1n) is 2.35. The van der Waals surface area contributed by atoms with Gasteiger partial charge in [0.25, 0.3) is 0 Å². The van der Waals surface area contributed by atoms with Gasteiger partial charge in [-0.15, -0.1) is 0 Å². The van der Waals surface area contributed by atoms with Crippen molar-refractivity contribution in [3.05, 3.63) is 0 Å². The standard InChI is InChI=1S/C4H8OSi.Zr/c1-2-4-6-5-3-1;/h1-4H2;/q;+2. The normalized spacial score (nSPS) is 20.6. The Balaban J connectivity index is 0.000000360. The molecule has 0 amide bonds. The second-order valence-electron chi connectivity index (χ2n) is 1.45. The van der Waals surface area contributed by atoms with Gasteiger partial charge in [0.2, 0.25) is 9.76 Å². The number of hydrogen-bond acceptors (Lipinski definition) is 1. The minimum Gasteiger partial charge on any atom is -0.417 e. The van der Waals surface area contributed by atoms with Gasteiger partial charge in [-0.3, -0.25) is 0 Å². The van der Waals surface area contributed by atoms with E-state index in [1.165, 1.54) is 18.9 Å². The molecule has 0 spiro atoms. The molecule has 1 saturated heterocycles. The molecule has 1 aliphatic heterocycles. The Morgan fingerprint density at radius 3 is 2.29 bits per heavy atom. The molecule has 1 rings (SSSR count). The average molecular weight is 191 g/mol. The molecule has 0 atom stereocenters. The molecule has 0 aromatic rings. The van der Waals surface area contributed by atoms with E-state index in [1.54, 1.807) is 0 Å². The smallest absolute Gasteiger partial charge is 0.417 e. The Hall–Kier alpha value is 1.06. The van der Waals surface area contributed by atoms with Crippen LogP contribution in [0.3, 0.4) is 0 Å². The van der Waals surface area contributed by atoms with E-state index in [9.17, 15) is 0 Å². The number of rotatable bonds is 0. The van der Waals surface area contributed by atoms with Crippen molar-refractivity contribution >= 4 is 9.76 Å². The summed E-state index contributed by atoms with van der Waals surface area (Å²) in [5, 5.41) is 0. The van der Waals surface area contributed by atoms with Gasteiger partial charge in [-0.25, -0.2) is 0 Å². The minimum absolute atomic E-state index is 0. The maximum Gasteiger partial charge on any atom is 2.00 e. The first kappa shape index (κ1) is 8.06. The summed E-state index contributed by atoms with van der Waals surface area (Å²) in [7, 11) is 0.802. The summed E-state index contributed by atoms with van der Waals surface area (Å²) in [6.45, 7) is 1.01. The van der Waals surface area contributed by atoms with E-state index in [-0.39, 0.29) is 26.2 Å². The minimum atomic E-state index is 0. The summed E-state index contributed by atoms with van der Waals surface area (Å²) in [5.74, 6) is 0. The Bertz CT molecular complexity index is 27.2. The van der Waals surface area contributed by atoms with Crippen molar-refractivity contribution in [2.45, 2.75) is 18.9 Å². The van der Waals surface area contributed by atoms with Gasteiger partial charge in [-0.05, 0) is 12.5 Å². The fourth-order valence-corrected chi connectivity index (χ4v) is 1.34. The van der Waals surface area contributed by atoms with Gasteiger partial charge in [-0.1, -0.05) is 6.42 Å². The zero-order chi connectivity index (χ0) is 4.24. The average Bonchev–Trinajstić information content (AvgIpc) is 1.72. The zero-order valence-electron chi connectivity index (χ0n) is 4.24. The van der Waals surface area contributed by atoms with E-state index in [2.05, 4.69) is 0 Å². The second-order valence-corrected chi connectivity index (χ2v) is 2.53. The van der Waals surface area contributed by atoms with E-state index >= 15 is 0 Å².